The van der Waals surface area contributed by atoms with Gasteiger partial charge in [-0.05, 0) is 32.1 Å². The van der Waals surface area contributed by atoms with Gasteiger partial charge in [0.1, 0.15) is 0 Å². The van der Waals surface area contributed by atoms with Gasteiger partial charge in [-0.15, -0.1) is 0 Å². The maximum Gasteiger partial charge on any atom is 0.0588 e. The molecule has 2 atom stereocenters. The van der Waals surface area contributed by atoms with Crippen molar-refractivity contribution in [3.05, 3.63) is 0 Å². The van der Waals surface area contributed by atoms with Crippen LogP contribution in [-0.2, 0) is 4.74 Å². The number of aliphatic hydroxyl groups is 1. The van der Waals surface area contributed by atoms with Crippen LogP contribution >= 0.6 is 0 Å². The van der Waals surface area contributed by atoms with Crippen molar-refractivity contribution in [3.63, 3.8) is 0 Å². The van der Waals surface area contributed by atoms with Crippen molar-refractivity contribution >= 4 is 0 Å². The van der Waals surface area contributed by atoms with Gasteiger partial charge >= 0.3 is 0 Å². The van der Waals surface area contributed by atoms with E-state index in [-0.39, 0.29) is 12.0 Å². The Kier molecular flexibility index (Phi) is 5.73. The van der Waals surface area contributed by atoms with Gasteiger partial charge in [0.15, 0.2) is 0 Å². The predicted octanol–water partition coefficient (Wildman–Crippen LogP) is 1.80. The quantitative estimate of drug-likeness (QED) is 0.699. The summed E-state index contributed by atoms with van der Waals surface area (Å²) >= 11 is 0. The first-order valence-electron chi connectivity index (χ1n) is 6.60. The molecule has 1 fully saturated rings. The predicted molar refractivity (Wildman–Crippen MR) is 66.5 cm³/mol. The first-order chi connectivity index (χ1) is 7.67. The maximum atomic E-state index is 9.46. The van der Waals surface area contributed by atoms with Crippen LogP contribution in [0.15, 0.2) is 0 Å². The molecule has 1 aliphatic rings. The summed E-state index contributed by atoms with van der Waals surface area (Å²) in [5, 5.41) is 13.0. The molecule has 0 saturated carbocycles. The van der Waals surface area contributed by atoms with Gasteiger partial charge in [0.2, 0.25) is 0 Å². The molecular weight excluding hydrogens is 202 g/mol. The molecule has 1 aliphatic heterocycles. The Morgan fingerprint density at radius 2 is 2.06 bits per heavy atom. The van der Waals surface area contributed by atoms with Gasteiger partial charge in [-0.3, -0.25) is 0 Å². The lowest BCUT2D eigenvalue weighted by Gasteiger charge is -2.30. The monoisotopic (exact) mass is 229 g/mol. The van der Waals surface area contributed by atoms with E-state index in [1.165, 1.54) is 6.42 Å². The zero-order valence-electron chi connectivity index (χ0n) is 11.0. The molecule has 0 aromatic carbocycles. The van der Waals surface area contributed by atoms with Crippen molar-refractivity contribution in [3.8, 4) is 0 Å². The van der Waals surface area contributed by atoms with Gasteiger partial charge in [0.25, 0.3) is 0 Å². The molecule has 0 aromatic rings. The number of nitrogens with one attached hydrogen (secondary N) is 1. The molecule has 1 rings (SSSR count). The third kappa shape index (κ3) is 3.44. The van der Waals surface area contributed by atoms with Crippen LogP contribution in [0, 0.1) is 11.3 Å². The molecule has 2 unspecified atom stereocenters. The summed E-state index contributed by atoms with van der Waals surface area (Å²) < 4.78 is 5.54. The van der Waals surface area contributed by atoms with Gasteiger partial charge in [-0.25, -0.2) is 0 Å². The fourth-order valence-corrected chi connectivity index (χ4v) is 2.35. The summed E-state index contributed by atoms with van der Waals surface area (Å²) in [4.78, 5) is 0. The highest BCUT2D eigenvalue weighted by Gasteiger charge is 2.27. The van der Waals surface area contributed by atoms with Crippen LogP contribution in [0.1, 0.15) is 40.0 Å². The first-order valence-corrected chi connectivity index (χ1v) is 6.60. The molecule has 96 valence electrons. The molecule has 2 N–H and O–H groups in total. The summed E-state index contributed by atoms with van der Waals surface area (Å²) in [7, 11) is 0. The smallest absolute Gasteiger partial charge is 0.0588 e. The molecule has 0 amide bonds. The van der Waals surface area contributed by atoms with Crippen LogP contribution < -0.4 is 5.32 Å². The van der Waals surface area contributed by atoms with Crippen molar-refractivity contribution in [1.29, 1.82) is 0 Å². The van der Waals surface area contributed by atoms with E-state index in [2.05, 4.69) is 26.1 Å². The van der Waals surface area contributed by atoms with Gasteiger partial charge in [-0.1, -0.05) is 13.8 Å². The van der Waals surface area contributed by atoms with Gasteiger partial charge < -0.3 is 15.2 Å². The van der Waals surface area contributed by atoms with E-state index in [9.17, 15) is 5.11 Å². The lowest BCUT2D eigenvalue weighted by molar-refractivity contribution is 0.0963. The average Bonchev–Trinajstić information content (AvgIpc) is 2.71. The Morgan fingerprint density at radius 3 is 2.50 bits per heavy atom. The number of hydrogen-bond acceptors (Lipinski definition) is 3. The zero-order chi connectivity index (χ0) is 12.0. The fraction of sp³-hybridized carbons (Fsp3) is 1.00. The van der Waals surface area contributed by atoms with Gasteiger partial charge in [0.05, 0.1) is 6.10 Å². The Labute approximate surface area is 99.6 Å². The highest BCUT2D eigenvalue weighted by Crippen LogP contribution is 2.25. The second-order valence-corrected chi connectivity index (χ2v) is 5.12. The van der Waals surface area contributed by atoms with Crippen molar-refractivity contribution < 1.29 is 9.84 Å². The third-order valence-electron chi connectivity index (χ3n) is 4.28. The Hall–Kier alpha value is -0.120. The van der Waals surface area contributed by atoms with Crippen molar-refractivity contribution in [2.24, 2.45) is 11.3 Å². The Bertz CT molecular complexity index is 184. The van der Waals surface area contributed by atoms with Crippen molar-refractivity contribution in [1.82, 2.24) is 5.32 Å². The van der Waals surface area contributed by atoms with Gasteiger partial charge in [0, 0.05) is 31.7 Å². The lowest BCUT2D eigenvalue weighted by atomic mass is 9.83. The van der Waals surface area contributed by atoms with Crippen LogP contribution in [0.3, 0.4) is 0 Å². The van der Waals surface area contributed by atoms with Crippen molar-refractivity contribution in [2.75, 3.05) is 26.3 Å². The Morgan fingerprint density at radius 1 is 1.38 bits per heavy atom. The van der Waals surface area contributed by atoms with Crippen LogP contribution in [-0.4, -0.2) is 37.5 Å². The molecule has 3 nitrogen and oxygen atoms in total. The average molecular weight is 229 g/mol. The third-order valence-corrected chi connectivity index (χ3v) is 4.28. The minimum Gasteiger partial charge on any atom is -0.396 e. The molecule has 1 saturated heterocycles. The van der Waals surface area contributed by atoms with Crippen LogP contribution in [0.5, 0.6) is 0 Å². The minimum absolute atomic E-state index is 0.0721. The molecule has 3 heteroatoms. The van der Waals surface area contributed by atoms with Crippen LogP contribution in [0.2, 0.25) is 0 Å². The van der Waals surface area contributed by atoms with E-state index in [4.69, 9.17) is 4.74 Å². The first kappa shape index (κ1) is 13.9. The van der Waals surface area contributed by atoms with Crippen LogP contribution in [0.4, 0.5) is 0 Å². The standard InChI is InChI=1S/C13H27NO2/c1-4-13(5-2,10-15)9-14-8-12-6-7-16-11(12)3/h11-12,14-15H,4-10H2,1-3H3. The van der Waals surface area contributed by atoms with Crippen LogP contribution in [0.25, 0.3) is 0 Å². The topological polar surface area (TPSA) is 41.5 Å². The fourth-order valence-electron chi connectivity index (χ4n) is 2.35. The number of hydrogen-bond donors (Lipinski definition) is 2. The summed E-state index contributed by atoms with van der Waals surface area (Å²) in [5.74, 6) is 0.644. The molecule has 16 heavy (non-hydrogen) atoms. The number of aliphatic hydroxyl groups excluding tert-OH is 1. The van der Waals surface area contributed by atoms with E-state index in [1.807, 2.05) is 0 Å². The number of rotatable bonds is 7. The molecule has 0 radical (unpaired) electrons. The highest BCUT2D eigenvalue weighted by molar-refractivity contribution is 4.80. The number of ether oxygens (including phenoxy) is 1. The normalized spacial score (nSPS) is 26.2. The molecule has 0 spiro atoms. The second-order valence-electron chi connectivity index (χ2n) is 5.12. The SMILES string of the molecule is CCC(CC)(CO)CNCC1CCOC1C. The van der Waals surface area contributed by atoms with E-state index in [0.29, 0.717) is 12.0 Å². The zero-order valence-corrected chi connectivity index (χ0v) is 11.0. The maximum absolute atomic E-state index is 9.46. The van der Waals surface area contributed by atoms with E-state index in [0.717, 1.165) is 32.5 Å². The van der Waals surface area contributed by atoms with E-state index >= 15 is 0 Å². The summed E-state index contributed by atoms with van der Waals surface area (Å²) in [5.41, 5.74) is 0.0721. The van der Waals surface area contributed by atoms with E-state index in [1.54, 1.807) is 0 Å². The Balaban J connectivity index is 2.27. The molecule has 1 heterocycles. The second kappa shape index (κ2) is 6.58. The summed E-state index contributed by atoms with van der Waals surface area (Å²) in [6, 6.07) is 0. The minimum atomic E-state index is 0.0721. The van der Waals surface area contributed by atoms with E-state index < -0.39 is 0 Å². The van der Waals surface area contributed by atoms with Gasteiger partial charge in [-0.2, -0.15) is 0 Å². The summed E-state index contributed by atoms with van der Waals surface area (Å²) in [6.45, 7) is 9.58. The molecule has 0 aliphatic carbocycles. The van der Waals surface area contributed by atoms with Crippen molar-refractivity contribution in [2.45, 2.75) is 46.1 Å². The largest absolute Gasteiger partial charge is 0.396 e. The molecule has 0 aromatic heterocycles. The molecule has 0 bridgehead atoms. The highest BCUT2D eigenvalue weighted by atomic mass is 16.5. The lowest BCUT2D eigenvalue weighted by Crippen LogP contribution is -2.39. The molecular formula is C13H27NO2. The summed E-state index contributed by atoms with van der Waals surface area (Å²) in [6.07, 6.45) is 3.62.